The van der Waals surface area contributed by atoms with Gasteiger partial charge < -0.3 is 9.64 Å². The molecule has 150 valence electrons. The van der Waals surface area contributed by atoms with Crippen molar-refractivity contribution in [1.29, 1.82) is 0 Å². The van der Waals surface area contributed by atoms with Crippen molar-refractivity contribution >= 4 is 17.3 Å². The van der Waals surface area contributed by atoms with Crippen LogP contribution in [-0.2, 0) is 19.5 Å². The van der Waals surface area contributed by atoms with Crippen LogP contribution in [0.2, 0.25) is 0 Å². The summed E-state index contributed by atoms with van der Waals surface area (Å²) in [6.07, 6.45) is 3.36. The molecule has 2 aromatic heterocycles. The zero-order chi connectivity index (χ0) is 19.6. The minimum atomic E-state index is 0.721. The molecule has 1 saturated heterocycles. The predicted octanol–water partition coefficient (Wildman–Crippen LogP) is 4.80. The molecule has 2 aliphatic heterocycles. The fraction of sp³-hybridized carbons (Fsp3) is 0.391. The summed E-state index contributed by atoms with van der Waals surface area (Å²) in [5.41, 5.74) is 3.47. The van der Waals surface area contributed by atoms with Crippen molar-refractivity contribution < 1.29 is 4.74 Å². The molecule has 1 aromatic carbocycles. The standard InChI is InChI=1S/C23H26N4OS/c1-17-6-4-7-18(14-17)28-22-20-16-26(15-19-8-5-13-29-19)12-9-21(20)24-23(25-22)27-10-2-3-11-27/h4-8,13-14H,2-3,9-12,15-16H2,1H3. The predicted molar refractivity (Wildman–Crippen MR) is 117 cm³/mol. The number of ether oxygens (including phenoxy) is 1. The molecule has 0 aliphatic carbocycles. The molecule has 6 heteroatoms. The molecular formula is C23H26N4OS. The smallest absolute Gasteiger partial charge is 0.228 e. The second kappa shape index (κ2) is 8.13. The number of thiophene rings is 1. The Morgan fingerprint density at radius 2 is 1.97 bits per heavy atom. The molecule has 4 heterocycles. The van der Waals surface area contributed by atoms with Crippen molar-refractivity contribution in [3.05, 3.63) is 63.5 Å². The molecule has 0 spiro atoms. The Morgan fingerprint density at radius 3 is 2.76 bits per heavy atom. The van der Waals surface area contributed by atoms with E-state index in [-0.39, 0.29) is 0 Å². The number of rotatable bonds is 5. The first kappa shape index (κ1) is 18.6. The topological polar surface area (TPSA) is 41.5 Å². The number of nitrogens with zero attached hydrogens (tertiary/aromatic N) is 4. The molecule has 0 radical (unpaired) electrons. The number of fused-ring (bicyclic) bond motifs is 1. The molecule has 0 atom stereocenters. The molecule has 0 amide bonds. The third kappa shape index (κ3) is 4.14. The lowest BCUT2D eigenvalue weighted by Gasteiger charge is -2.29. The molecule has 0 saturated carbocycles. The highest BCUT2D eigenvalue weighted by molar-refractivity contribution is 7.09. The Bertz CT molecular complexity index is 983. The van der Waals surface area contributed by atoms with Gasteiger partial charge in [-0.2, -0.15) is 4.98 Å². The molecule has 0 bridgehead atoms. The van der Waals surface area contributed by atoms with E-state index in [0.717, 1.165) is 68.0 Å². The van der Waals surface area contributed by atoms with Crippen LogP contribution in [0.15, 0.2) is 41.8 Å². The van der Waals surface area contributed by atoms with Gasteiger partial charge in [0.05, 0.1) is 11.3 Å². The molecule has 3 aromatic rings. The van der Waals surface area contributed by atoms with E-state index >= 15 is 0 Å². The monoisotopic (exact) mass is 406 g/mol. The Labute approximate surface area is 176 Å². The number of hydrogen-bond donors (Lipinski definition) is 0. The summed E-state index contributed by atoms with van der Waals surface area (Å²) in [5.74, 6) is 2.39. The maximum atomic E-state index is 6.34. The van der Waals surface area contributed by atoms with Crippen molar-refractivity contribution in [2.24, 2.45) is 0 Å². The second-order valence-corrected chi connectivity index (χ2v) is 8.94. The lowest BCUT2D eigenvalue weighted by Crippen LogP contribution is -2.32. The highest BCUT2D eigenvalue weighted by Crippen LogP contribution is 2.33. The Kier molecular flexibility index (Phi) is 5.21. The van der Waals surface area contributed by atoms with E-state index in [4.69, 9.17) is 14.7 Å². The Hall–Kier alpha value is -2.44. The van der Waals surface area contributed by atoms with Gasteiger partial charge in [0.15, 0.2) is 0 Å². The van der Waals surface area contributed by atoms with Gasteiger partial charge >= 0.3 is 0 Å². The van der Waals surface area contributed by atoms with Gasteiger partial charge in [0.1, 0.15) is 5.75 Å². The van der Waals surface area contributed by atoms with Crippen LogP contribution in [0.25, 0.3) is 0 Å². The highest BCUT2D eigenvalue weighted by Gasteiger charge is 2.26. The maximum absolute atomic E-state index is 6.34. The average Bonchev–Trinajstić information content (AvgIpc) is 3.42. The van der Waals surface area contributed by atoms with Crippen LogP contribution in [0, 0.1) is 6.92 Å². The quantitative estimate of drug-likeness (QED) is 0.609. The first-order valence-corrected chi connectivity index (χ1v) is 11.3. The van der Waals surface area contributed by atoms with Gasteiger partial charge in [0.2, 0.25) is 11.8 Å². The third-order valence-corrected chi connectivity index (χ3v) is 6.50. The van der Waals surface area contributed by atoms with Crippen LogP contribution in [0.1, 0.15) is 34.5 Å². The second-order valence-electron chi connectivity index (χ2n) is 7.91. The molecule has 2 aliphatic rings. The molecule has 0 N–H and O–H groups in total. The zero-order valence-electron chi connectivity index (χ0n) is 16.8. The highest BCUT2D eigenvalue weighted by atomic mass is 32.1. The van der Waals surface area contributed by atoms with Crippen molar-refractivity contribution in [1.82, 2.24) is 14.9 Å². The third-order valence-electron chi connectivity index (χ3n) is 5.64. The molecule has 5 rings (SSSR count). The minimum Gasteiger partial charge on any atom is -0.438 e. The van der Waals surface area contributed by atoms with E-state index in [1.54, 1.807) is 0 Å². The van der Waals surface area contributed by atoms with E-state index in [9.17, 15) is 0 Å². The van der Waals surface area contributed by atoms with Crippen molar-refractivity contribution in [3.63, 3.8) is 0 Å². The minimum absolute atomic E-state index is 0.721. The first-order valence-electron chi connectivity index (χ1n) is 10.4. The lowest BCUT2D eigenvalue weighted by molar-refractivity contribution is 0.240. The van der Waals surface area contributed by atoms with Gasteiger partial charge in [-0.15, -0.1) is 11.3 Å². The first-order chi connectivity index (χ1) is 14.2. The Morgan fingerprint density at radius 1 is 1.07 bits per heavy atom. The van der Waals surface area contributed by atoms with Gasteiger partial charge in [-0.3, -0.25) is 4.90 Å². The lowest BCUT2D eigenvalue weighted by atomic mass is 10.1. The fourth-order valence-corrected chi connectivity index (χ4v) is 4.86. The van der Waals surface area contributed by atoms with Crippen LogP contribution < -0.4 is 9.64 Å². The molecule has 0 unspecified atom stereocenters. The SMILES string of the molecule is Cc1cccc(Oc2nc(N3CCCC3)nc3c2CN(Cc2cccs2)CC3)c1. The van der Waals surface area contributed by atoms with E-state index in [0.29, 0.717) is 0 Å². The van der Waals surface area contributed by atoms with Crippen molar-refractivity contribution in [2.45, 2.75) is 39.3 Å². The van der Waals surface area contributed by atoms with Crippen LogP contribution in [0.3, 0.4) is 0 Å². The maximum Gasteiger partial charge on any atom is 0.228 e. The van der Waals surface area contributed by atoms with Crippen molar-refractivity contribution in [3.8, 4) is 11.6 Å². The number of hydrogen-bond acceptors (Lipinski definition) is 6. The van der Waals surface area contributed by atoms with Gasteiger partial charge in [0, 0.05) is 44.0 Å². The summed E-state index contributed by atoms with van der Waals surface area (Å²) in [7, 11) is 0. The van der Waals surface area contributed by atoms with Gasteiger partial charge in [-0.05, 0) is 48.9 Å². The number of aryl methyl sites for hydroxylation is 1. The fourth-order valence-electron chi connectivity index (χ4n) is 4.12. The summed E-state index contributed by atoms with van der Waals surface area (Å²) in [6.45, 7) is 6.97. The molecule has 1 fully saturated rings. The van der Waals surface area contributed by atoms with E-state index < -0.39 is 0 Å². The molecular weight excluding hydrogens is 380 g/mol. The normalized spacial score (nSPS) is 16.8. The molecule has 5 nitrogen and oxygen atoms in total. The largest absolute Gasteiger partial charge is 0.438 e. The van der Waals surface area contributed by atoms with Crippen LogP contribution >= 0.6 is 11.3 Å². The van der Waals surface area contributed by atoms with Gasteiger partial charge in [-0.1, -0.05) is 18.2 Å². The van der Waals surface area contributed by atoms with E-state index in [1.165, 1.54) is 23.3 Å². The van der Waals surface area contributed by atoms with Crippen LogP contribution in [0.5, 0.6) is 11.6 Å². The van der Waals surface area contributed by atoms with Crippen molar-refractivity contribution in [2.75, 3.05) is 24.5 Å². The summed E-state index contributed by atoms with van der Waals surface area (Å²) in [6, 6.07) is 12.5. The zero-order valence-corrected chi connectivity index (χ0v) is 17.6. The van der Waals surface area contributed by atoms with E-state index in [1.807, 2.05) is 23.5 Å². The average molecular weight is 407 g/mol. The summed E-state index contributed by atoms with van der Waals surface area (Å²) in [5, 5.41) is 2.14. The molecule has 29 heavy (non-hydrogen) atoms. The van der Waals surface area contributed by atoms with Crippen LogP contribution in [0.4, 0.5) is 5.95 Å². The Balaban J connectivity index is 1.47. The number of anilines is 1. The summed E-state index contributed by atoms with van der Waals surface area (Å²) < 4.78 is 6.34. The number of benzene rings is 1. The van der Waals surface area contributed by atoms with E-state index in [2.05, 4.69) is 46.4 Å². The van der Waals surface area contributed by atoms with Crippen LogP contribution in [-0.4, -0.2) is 34.5 Å². The number of aromatic nitrogens is 2. The van der Waals surface area contributed by atoms with Gasteiger partial charge in [0.25, 0.3) is 0 Å². The summed E-state index contributed by atoms with van der Waals surface area (Å²) >= 11 is 1.81. The van der Waals surface area contributed by atoms with Gasteiger partial charge in [-0.25, -0.2) is 4.98 Å². The summed E-state index contributed by atoms with van der Waals surface area (Å²) in [4.78, 5) is 16.0.